The summed E-state index contributed by atoms with van der Waals surface area (Å²) >= 11 is 6.08. The van der Waals surface area contributed by atoms with Crippen LogP contribution in [0.15, 0.2) is 54.6 Å². The zero-order valence-electron chi connectivity index (χ0n) is 9.55. The van der Waals surface area contributed by atoms with Crippen molar-refractivity contribution >= 4 is 17.4 Å². The second kappa shape index (κ2) is 4.56. The third-order valence-corrected chi connectivity index (χ3v) is 3.36. The number of Topliss-reactive ketones (excluding diaryl/α,β-unsaturated/α-hetero) is 1. The van der Waals surface area contributed by atoms with E-state index in [2.05, 4.69) is 0 Å². The van der Waals surface area contributed by atoms with Crippen molar-refractivity contribution in [2.45, 2.75) is 12.2 Å². The molecule has 1 aliphatic rings. The minimum Gasteiger partial charge on any atom is -0.356 e. The average molecular weight is 259 g/mol. The number of epoxide rings is 1. The van der Waals surface area contributed by atoms with Gasteiger partial charge in [0.25, 0.3) is 0 Å². The lowest BCUT2D eigenvalue weighted by atomic mass is 10.0. The van der Waals surface area contributed by atoms with Crippen LogP contribution in [-0.2, 0) is 4.74 Å². The Morgan fingerprint density at radius 3 is 2.39 bits per heavy atom. The van der Waals surface area contributed by atoms with Crippen molar-refractivity contribution in [2.24, 2.45) is 0 Å². The predicted molar refractivity (Wildman–Crippen MR) is 69.8 cm³/mol. The van der Waals surface area contributed by atoms with Crippen LogP contribution in [0.4, 0.5) is 0 Å². The second-order valence-electron chi connectivity index (χ2n) is 4.23. The van der Waals surface area contributed by atoms with Crippen LogP contribution in [0.5, 0.6) is 0 Å². The summed E-state index contributed by atoms with van der Waals surface area (Å²) in [5.41, 5.74) is 1.56. The van der Waals surface area contributed by atoms with Gasteiger partial charge in [-0.3, -0.25) is 4.79 Å². The van der Waals surface area contributed by atoms with Crippen molar-refractivity contribution in [1.82, 2.24) is 0 Å². The first-order valence-corrected chi connectivity index (χ1v) is 6.14. The highest BCUT2D eigenvalue weighted by atomic mass is 35.5. The molecule has 3 rings (SSSR count). The molecule has 1 fully saturated rings. The van der Waals surface area contributed by atoms with Crippen molar-refractivity contribution in [3.8, 4) is 0 Å². The van der Waals surface area contributed by atoms with Gasteiger partial charge in [-0.15, -0.1) is 0 Å². The van der Waals surface area contributed by atoms with Crippen LogP contribution in [-0.4, -0.2) is 11.9 Å². The van der Waals surface area contributed by atoms with Gasteiger partial charge in [-0.2, -0.15) is 0 Å². The van der Waals surface area contributed by atoms with Crippen LogP contribution in [0.2, 0.25) is 5.02 Å². The summed E-state index contributed by atoms with van der Waals surface area (Å²) in [6, 6.07) is 16.6. The molecule has 0 spiro atoms. The number of hydrogen-bond donors (Lipinski definition) is 0. The van der Waals surface area contributed by atoms with Gasteiger partial charge in [0, 0.05) is 16.1 Å². The molecular weight excluding hydrogens is 248 g/mol. The maximum absolute atomic E-state index is 12.1. The number of ketones is 1. The molecule has 18 heavy (non-hydrogen) atoms. The number of halogens is 1. The molecule has 0 unspecified atom stereocenters. The highest BCUT2D eigenvalue weighted by molar-refractivity contribution is 6.31. The van der Waals surface area contributed by atoms with Gasteiger partial charge in [0.2, 0.25) is 0 Å². The summed E-state index contributed by atoms with van der Waals surface area (Å²) in [5, 5.41) is 0.644. The average Bonchev–Trinajstić information content (AvgIpc) is 3.20. The van der Waals surface area contributed by atoms with Gasteiger partial charge in [0.05, 0.1) is 0 Å². The van der Waals surface area contributed by atoms with Gasteiger partial charge in [-0.25, -0.2) is 0 Å². The first-order valence-electron chi connectivity index (χ1n) is 5.76. The Balaban J connectivity index is 1.79. The van der Waals surface area contributed by atoms with Crippen LogP contribution < -0.4 is 0 Å². The molecule has 0 aliphatic carbocycles. The monoisotopic (exact) mass is 258 g/mol. The first kappa shape index (κ1) is 11.5. The van der Waals surface area contributed by atoms with Crippen molar-refractivity contribution in [2.75, 3.05) is 0 Å². The molecule has 0 radical (unpaired) electrons. The highest BCUT2D eigenvalue weighted by Crippen LogP contribution is 2.43. The molecule has 1 heterocycles. The molecule has 0 aromatic heterocycles. The van der Waals surface area contributed by atoms with Crippen LogP contribution in [0.3, 0.4) is 0 Å². The molecular formula is C15H11ClO2. The summed E-state index contributed by atoms with van der Waals surface area (Å²) in [7, 11) is 0. The number of ether oxygens (including phenoxy) is 1. The van der Waals surface area contributed by atoms with Crippen LogP contribution in [0.25, 0.3) is 0 Å². The number of rotatable bonds is 3. The van der Waals surface area contributed by atoms with Gasteiger partial charge in [0.1, 0.15) is 6.10 Å². The van der Waals surface area contributed by atoms with E-state index in [0.717, 1.165) is 5.56 Å². The standard InChI is InChI=1S/C15H11ClO2/c16-12-9-5-4-8-11(12)14-15(18-14)13(17)10-6-2-1-3-7-10/h1-9,14-15H/t14-,15-/m0/s1. The third-order valence-electron chi connectivity index (χ3n) is 3.02. The Morgan fingerprint density at radius 2 is 1.67 bits per heavy atom. The second-order valence-corrected chi connectivity index (χ2v) is 4.64. The maximum atomic E-state index is 12.1. The molecule has 1 saturated heterocycles. The molecule has 2 aromatic carbocycles. The van der Waals surface area contributed by atoms with Gasteiger partial charge < -0.3 is 4.74 Å². The van der Waals surface area contributed by atoms with E-state index in [1.54, 1.807) is 12.1 Å². The first-order chi connectivity index (χ1) is 8.77. The van der Waals surface area contributed by atoms with Crippen LogP contribution in [0, 0.1) is 0 Å². The molecule has 0 bridgehead atoms. The fourth-order valence-electron chi connectivity index (χ4n) is 2.02. The Morgan fingerprint density at radius 1 is 1.00 bits per heavy atom. The van der Waals surface area contributed by atoms with E-state index in [1.165, 1.54) is 0 Å². The van der Waals surface area contributed by atoms with Crippen molar-refractivity contribution in [3.63, 3.8) is 0 Å². The lowest BCUT2D eigenvalue weighted by molar-refractivity contribution is 0.0953. The van der Waals surface area contributed by atoms with Gasteiger partial charge in [-0.1, -0.05) is 60.1 Å². The molecule has 3 heteroatoms. The van der Waals surface area contributed by atoms with E-state index < -0.39 is 6.10 Å². The van der Waals surface area contributed by atoms with E-state index in [-0.39, 0.29) is 11.9 Å². The SMILES string of the molecule is O=C(c1ccccc1)[C@@H]1O[C@H]1c1ccccc1Cl. The van der Waals surface area contributed by atoms with Gasteiger partial charge in [0.15, 0.2) is 11.9 Å². The molecule has 2 nitrogen and oxygen atoms in total. The van der Waals surface area contributed by atoms with Crippen molar-refractivity contribution in [3.05, 3.63) is 70.7 Å². The van der Waals surface area contributed by atoms with Crippen molar-refractivity contribution in [1.29, 1.82) is 0 Å². The fourth-order valence-corrected chi connectivity index (χ4v) is 2.26. The highest BCUT2D eigenvalue weighted by Gasteiger charge is 2.46. The summed E-state index contributed by atoms with van der Waals surface area (Å²) in [4.78, 5) is 12.1. The summed E-state index contributed by atoms with van der Waals surface area (Å²) in [6.07, 6.45) is -0.598. The Labute approximate surface area is 110 Å². The zero-order valence-corrected chi connectivity index (χ0v) is 10.3. The molecule has 2 aromatic rings. The molecule has 90 valence electrons. The van der Waals surface area contributed by atoms with E-state index in [9.17, 15) is 4.79 Å². The molecule has 0 N–H and O–H groups in total. The van der Waals surface area contributed by atoms with Crippen LogP contribution >= 0.6 is 11.6 Å². The van der Waals surface area contributed by atoms with Gasteiger partial charge >= 0.3 is 0 Å². The third kappa shape index (κ3) is 2.05. The quantitative estimate of drug-likeness (QED) is 0.621. The van der Waals surface area contributed by atoms with E-state index in [4.69, 9.17) is 16.3 Å². The molecule has 2 atom stereocenters. The Bertz CT molecular complexity index is 580. The summed E-state index contributed by atoms with van der Waals surface area (Å²) < 4.78 is 5.47. The van der Waals surface area contributed by atoms with E-state index in [1.807, 2.05) is 42.5 Å². The summed E-state index contributed by atoms with van der Waals surface area (Å²) in [5.74, 6) is 0.0144. The van der Waals surface area contributed by atoms with E-state index in [0.29, 0.717) is 10.6 Å². The van der Waals surface area contributed by atoms with Crippen LogP contribution in [0.1, 0.15) is 22.0 Å². The molecule has 0 amide bonds. The molecule has 0 saturated carbocycles. The largest absolute Gasteiger partial charge is 0.356 e. The lowest BCUT2D eigenvalue weighted by Gasteiger charge is -1.99. The smallest absolute Gasteiger partial charge is 0.194 e. The number of carbonyl (C=O) groups is 1. The Hall–Kier alpha value is -1.64. The molecule has 1 aliphatic heterocycles. The Kier molecular flexibility index (Phi) is 2.90. The van der Waals surface area contributed by atoms with E-state index >= 15 is 0 Å². The minimum atomic E-state index is -0.396. The maximum Gasteiger partial charge on any atom is 0.194 e. The number of benzene rings is 2. The normalized spacial score (nSPS) is 21.6. The fraction of sp³-hybridized carbons (Fsp3) is 0.133. The summed E-state index contributed by atoms with van der Waals surface area (Å²) in [6.45, 7) is 0. The minimum absolute atomic E-state index is 0.0144. The van der Waals surface area contributed by atoms with Gasteiger partial charge in [-0.05, 0) is 6.07 Å². The zero-order chi connectivity index (χ0) is 12.5. The van der Waals surface area contributed by atoms with Crippen molar-refractivity contribution < 1.29 is 9.53 Å². The predicted octanol–water partition coefficient (Wildman–Crippen LogP) is 3.66. The topological polar surface area (TPSA) is 29.6 Å². The number of carbonyl (C=O) groups excluding carboxylic acids is 1. The lowest BCUT2D eigenvalue weighted by Crippen LogP contribution is -2.07. The number of hydrogen-bond acceptors (Lipinski definition) is 2.